The largest absolute Gasteiger partial charge is 0.324 e. The summed E-state index contributed by atoms with van der Waals surface area (Å²) < 4.78 is 30.3. The SMILES string of the molecule is CC(C)c1ccccc1N1C=CC(=C2C=CN(c3ccc([N+](=O)[O-])cc3[N+](=O)[O-])C=C2)C=C1.Cc1cccc(S(=O)(=O)O)c1C. The highest BCUT2D eigenvalue weighted by atomic mass is 32.2. The Bertz CT molecular complexity index is 1880. The molecule has 2 aliphatic rings. The predicted octanol–water partition coefficient (Wildman–Crippen LogP) is 7.87. The van der Waals surface area contributed by atoms with Gasteiger partial charge in [-0.15, -0.1) is 0 Å². The Morgan fingerprint density at radius 3 is 1.78 bits per heavy atom. The molecule has 0 unspecified atom stereocenters. The van der Waals surface area contributed by atoms with Crippen LogP contribution in [-0.2, 0) is 10.1 Å². The van der Waals surface area contributed by atoms with Crippen LogP contribution in [0.5, 0.6) is 0 Å². The number of non-ortho nitro benzene ring substituents is 1. The second-order valence-corrected chi connectivity index (χ2v) is 12.0. The summed E-state index contributed by atoms with van der Waals surface area (Å²) in [5.74, 6) is 0.404. The van der Waals surface area contributed by atoms with Crippen LogP contribution < -0.4 is 9.80 Å². The molecule has 1 N–H and O–H groups in total. The van der Waals surface area contributed by atoms with Crippen molar-refractivity contribution >= 4 is 32.9 Å². The first kappa shape index (κ1) is 32.6. The number of para-hydroxylation sites is 1. The Hall–Kier alpha value is -5.33. The number of hydrogen-bond donors (Lipinski definition) is 1. The van der Waals surface area contributed by atoms with Gasteiger partial charge in [0, 0.05) is 36.6 Å². The molecule has 0 atom stereocenters. The fourth-order valence-electron chi connectivity index (χ4n) is 4.76. The Kier molecular flexibility index (Phi) is 9.80. The normalized spacial score (nSPS) is 14.1. The summed E-state index contributed by atoms with van der Waals surface area (Å²) in [6, 6.07) is 16.7. The lowest BCUT2D eigenvalue weighted by Crippen LogP contribution is -2.14. The monoisotopic (exact) mass is 628 g/mol. The summed E-state index contributed by atoms with van der Waals surface area (Å²) in [6.45, 7) is 7.80. The van der Waals surface area contributed by atoms with Gasteiger partial charge in [-0.3, -0.25) is 24.8 Å². The Morgan fingerprint density at radius 1 is 0.733 bits per heavy atom. The van der Waals surface area contributed by atoms with Gasteiger partial charge in [0.1, 0.15) is 5.69 Å². The molecule has 12 heteroatoms. The third-order valence-corrected chi connectivity index (χ3v) is 8.30. The van der Waals surface area contributed by atoms with E-state index in [0.717, 1.165) is 28.5 Å². The summed E-state index contributed by atoms with van der Waals surface area (Å²) in [5, 5.41) is 22.4. The molecule has 5 rings (SSSR count). The lowest BCUT2D eigenvalue weighted by molar-refractivity contribution is -0.393. The van der Waals surface area contributed by atoms with Gasteiger partial charge in [0.05, 0.1) is 20.8 Å². The van der Waals surface area contributed by atoms with Gasteiger partial charge in [-0.05, 0) is 90.1 Å². The van der Waals surface area contributed by atoms with Gasteiger partial charge in [-0.2, -0.15) is 8.42 Å². The number of hydrogen-bond acceptors (Lipinski definition) is 8. The molecule has 0 spiro atoms. The van der Waals surface area contributed by atoms with E-state index in [1.165, 1.54) is 23.8 Å². The van der Waals surface area contributed by atoms with Crippen LogP contribution in [0.15, 0.2) is 126 Å². The molecule has 0 bridgehead atoms. The first-order valence-electron chi connectivity index (χ1n) is 13.9. The molecule has 3 aromatic carbocycles. The van der Waals surface area contributed by atoms with Gasteiger partial charge >= 0.3 is 0 Å². The molecule has 2 heterocycles. The third-order valence-electron chi connectivity index (χ3n) is 7.31. The topological polar surface area (TPSA) is 147 Å². The zero-order valence-corrected chi connectivity index (χ0v) is 25.9. The average molecular weight is 629 g/mol. The van der Waals surface area contributed by atoms with Crippen molar-refractivity contribution in [3.63, 3.8) is 0 Å². The number of nitro groups is 2. The molecule has 11 nitrogen and oxygen atoms in total. The number of allylic oxidation sites excluding steroid dienone is 6. The molecule has 0 fully saturated rings. The van der Waals surface area contributed by atoms with Gasteiger partial charge in [-0.25, -0.2) is 0 Å². The fraction of sp³-hybridized carbons (Fsp3) is 0.152. The molecule has 232 valence electrons. The predicted molar refractivity (Wildman–Crippen MR) is 175 cm³/mol. The highest BCUT2D eigenvalue weighted by Gasteiger charge is 2.23. The number of nitro benzene ring substituents is 2. The third kappa shape index (κ3) is 7.61. The summed E-state index contributed by atoms with van der Waals surface area (Å²) in [6.07, 6.45) is 15.2. The van der Waals surface area contributed by atoms with Crippen molar-refractivity contribution in [2.75, 3.05) is 9.80 Å². The van der Waals surface area contributed by atoms with Gasteiger partial charge in [0.2, 0.25) is 0 Å². The minimum atomic E-state index is -4.06. The first-order valence-corrected chi connectivity index (χ1v) is 15.3. The van der Waals surface area contributed by atoms with Crippen LogP contribution in [0.1, 0.15) is 36.5 Å². The Morgan fingerprint density at radius 2 is 1.29 bits per heavy atom. The van der Waals surface area contributed by atoms with Crippen LogP contribution in [0.25, 0.3) is 0 Å². The highest BCUT2D eigenvalue weighted by molar-refractivity contribution is 7.85. The molecule has 0 amide bonds. The minimum absolute atomic E-state index is 0.0116. The van der Waals surface area contributed by atoms with E-state index in [-0.39, 0.29) is 22.0 Å². The lowest BCUT2D eigenvalue weighted by atomic mass is 9.99. The second-order valence-electron chi connectivity index (χ2n) is 10.6. The highest BCUT2D eigenvalue weighted by Crippen LogP contribution is 2.35. The maximum absolute atomic E-state index is 11.4. The van der Waals surface area contributed by atoms with Crippen LogP contribution in [0.4, 0.5) is 22.7 Å². The van der Waals surface area contributed by atoms with E-state index in [4.69, 9.17) is 4.55 Å². The second kappa shape index (κ2) is 13.5. The Labute approximate surface area is 261 Å². The molecule has 0 aromatic heterocycles. The molecule has 0 saturated carbocycles. The van der Waals surface area contributed by atoms with Crippen LogP contribution in [-0.4, -0.2) is 22.8 Å². The van der Waals surface area contributed by atoms with E-state index in [1.807, 2.05) is 48.8 Å². The fourth-order valence-corrected chi connectivity index (χ4v) is 5.56. The van der Waals surface area contributed by atoms with Crippen molar-refractivity contribution in [2.24, 2.45) is 0 Å². The van der Waals surface area contributed by atoms with Gasteiger partial charge in [0.25, 0.3) is 21.5 Å². The van der Waals surface area contributed by atoms with Gasteiger partial charge in [0.15, 0.2) is 0 Å². The van der Waals surface area contributed by atoms with Crippen molar-refractivity contribution in [3.8, 4) is 0 Å². The van der Waals surface area contributed by atoms with E-state index in [0.29, 0.717) is 11.5 Å². The first-order chi connectivity index (χ1) is 21.3. The smallest absolute Gasteiger partial charge is 0.300 e. The van der Waals surface area contributed by atoms with Crippen molar-refractivity contribution in [1.29, 1.82) is 0 Å². The molecule has 0 radical (unpaired) electrons. The zero-order chi connectivity index (χ0) is 32.9. The molecule has 0 aliphatic carbocycles. The van der Waals surface area contributed by atoms with Crippen LogP contribution in [0, 0.1) is 34.1 Å². The average Bonchev–Trinajstić information content (AvgIpc) is 3.02. The van der Waals surface area contributed by atoms with E-state index in [1.54, 1.807) is 43.3 Å². The number of rotatable bonds is 6. The van der Waals surface area contributed by atoms with Crippen molar-refractivity contribution < 1.29 is 22.8 Å². The number of nitrogens with zero attached hydrogens (tertiary/aromatic N) is 4. The number of benzene rings is 3. The van der Waals surface area contributed by atoms with Crippen LogP contribution in [0.3, 0.4) is 0 Å². The lowest BCUT2D eigenvalue weighted by Gasteiger charge is -2.24. The van der Waals surface area contributed by atoms with Crippen molar-refractivity contribution in [2.45, 2.75) is 38.5 Å². The maximum Gasteiger partial charge on any atom is 0.300 e. The van der Waals surface area contributed by atoms with Gasteiger partial charge < -0.3 is 9.80 Å². The number of anilines is 2. The van der Waals surface area contributed by atoms with Gasteiger partial charge in [-0.1, -0.05) is 44.2 Å². The molecule has 2 aliphatic heterocycles. The number of aryl methyl sites for hydroxylation is 1. The Balaban J connectivity index is 0.000000323. The molecular weight excluding hydrogens is 596 g/mol. The van der Waals surface area contributed by atoms with Crippen molar-refractivity contribution in [3.05, 3.63) is 158 Å². The van der Waals surface area contributed by atoms with Crippen molar-refractivity contribution in [1.82, 2.24) is 0 Å². The summed E-state index contributed by atoms with van der Waals surface area (Å²) in [4.78, 5) is 24.8. The molecular formula is C33H32N4O7S. The molecule has 0 saturated heterocycles. The summed E-state index contributed by atoms with van der Waals surface area (Å²) in [5.41, 5.74) is 5.40. The van der Waals surface area contributed by atoms with Crippen LogP contribution >= 0.6 is 0 Å². The zero-order valence-electron chi connectivity index (χ0n) is 25.1. The van der Waals surface area contributed by atoms with E-state index in [2.05, 4.69) is 30.9 Å². The standard InChI is InChI=1S/C25H22N4O4.C8H10O3S/c1-18(2)22-5-3-4-6-23(22)26-13-9-19(10-14-26)20-11-15-27(16-12-20)24-8-7-21(28(30)31)17-25(24)29(32)33;1-6-4-3-5-8(7(6)2)12(9,10)11/h3-18H,1-2H3;3-5H,1-2H3,(H,9,10,11). The maximum atomic E-state index is 11.4. The van der Waals surface area contributed by atoms with E-state index >= 15 is 0 Å². The van der Waals surface area contributed by atoms with Crippen LogP contribution in [0.2, 0.25) is 0 Å². The quantitative estimate of drug-likeness (QED) is 0.164. The van der Waals surface area contributed by atoms with E-state index < -0.39 is 20.0 Å². The molecule has 45 heavy (non-hydrogen) atoms. The molecule has 3 aromatic rings. The summed E-state index contributed by atoms with van der Waals surface area (Å²) >= 11 is 0. The summed E-state index contributed by atoms with van der Waals surface area (Å²) in [7, 11) is -4.06. The minimum Gasteiger partial charge on any atom is -0.324 e. The van der Waals surface area contributed by atoms with E-state index in [9.17, 15) is 28.6 Å².